The van der Waals surface area contributed by atoms with Crippen LogP contribution in [-0.4, -0.2) is 41.1 Å². The normalized spacial score (nSPS) is 11.1. The Bertz CT molecular complexity index is 623. The van der Waals surface area contributed by atoms with E-state index in [-0.39, 0.29) is 18.4 Å². The van der Waals surface area contributed by atoms with Gasteiger partial charge in [-0.2, -0.15) is 0 Å². The molecule has 0 aliphatic carbocycles. The summed E-state index contributed by atoms with van der Waals surface area (Å²) in [7, 11) is 1.70. The van der Waals surface area contributed by atoms with Crippen LogP contribution in [0.4, 0.5) is 0 Å². The molecule has 0 saturated carbocycles. The van der Waals surface area contributed by atoms with Crippen LogP contribution >= 0.6 is 0 Å². The summed E-state index contributed by atoms with van der Waals surface area (Å²) in [5.74, 6) is 0.175. The van der Waals surface area contributed by atoms with Crippen molar-refractivity contribution in [2.24, 2.45) is 0 Å². The third-order valence-corrected chi connectivity index (χ3v) is 3.34. The molecule has 1 N–H and O–H groups in total. The SMILES string of the molecule is CC(C)c1cc(C(=O)N(C)CCO)c2ccccc2n1. The van der Waals surface area contributed by atoms with Gasteiger partial charge in [-0.25, -0.2) is 0 Å². The lowest BCUT2D eigenvalue weighted by atomic mass is 10.0. The predicted molar refractivity (Wildman–Crippen MR) is 79.9 cm³/mol. The average Bonchev–Trinajstić information content (AvgIpc) is 2.45. The Kier molecular flexibility index (Phi) is 4.35. The molecule has 20 heavy (non-hydrogen) atoms. The number of rotatable bonds is 4. The Labute approximate surface area is 119 Å². The highest BCUT2D eigenvalue weighted by Gasteiger charge is 2.17. The van der Waals surface area contributed by atoms with Crippen LogP contribution in [0, 0.1) is 0 Å². The van der Waals surface area contributed by atoms with Crippen molar-refractivity contribution in [1.82, 2.24) is 9.88 Å². The van der Waals surface area contributed by atoms with Gasteiger partial charge in [0.25, 0.3) is 5.91 Å². The molecule has 4 nitrogen and oxygen atoms in total. The molecule has 1 amide bonds. The van der Waals surface area contributed by atoms with Crippen molar-refractivity contribution in [2.75, 3.05) is 20.2 Å². The molecular weight excluding hydrogens is 252 g/mol. The molecule has 0 aliphatic heterocycles. The van der Waals surface area contributed by atoms with E-state index in [2.05, 4.69) is 18.8 Å². The molecule has 0 aliphatic rings. The molecule has 2 rings (SSSR count). The number of para-hydroxylation sites is 1. The first kappa shape index (κ1) is 14.5. The molecule has 0 radical (unpaired) electrons. The van der Waals surface area contributed by atoms with Crippen molar-refractivity contribution in [3.63, 3.8) is 0 Å². The fourth-order valence-corrected chi connectivity index (χ4v) is 2.13. The summed E-state index contributed by atoms with van der Waals surface area (Å²) in [6.45, 7) is 4.40. The highest BCUT2D eigenvalue weighted by Crippen LogP contribution is 2.23. The number of hydrogen-bond donors (Lipinski definition) is 1. The van der Waals surface area contributed by atoms with Crippen molar-refractivity contribution in [2.45, 2.75) is 19.8 Å². The van der Waals surface area contributed by atoms with E-state index in [9.17, 15) is 4.79 Å². The minimum Gasteiger partial charge on any atom is -0.395 e. The van der Waals surface area contributed by atoms with Crippen LogP contribution < -0.4 is 0 Å². The summed E-state index contributed by atoms with van der Waals surface area (Å²) in [5, 5.41) is 9.84. The molecule has 0 atom stereocenters. The summed E-state index contributed by atoms with van der Waals surface area (Å²) in [5.41, 5.74) is 2.39. The second-order valence-corrected chi connectivity index (χ2v) is 5.22. The molecule has 2 aromatic rings. The maximum atomic E-state index is 12.5. The zero-order valence-corrected chi connectivity index (χ0v) is 12.1. The van der Waals surface area contributed by atoms with Gasteiger partial charge in [0.1, 0.15) is 0 Å². The lowest BCUT2D eigenvalue weighted by Gasteiger charge is -2.18. The topological polar surface area (TPSA) is 53.4 Å². The number of aromatic nitrogens is 1. The molecule has 4 heteroatoms. The van der Waals surface area contributed by atoms with Gasteiger partial charge in [0.2, 0.25) is 0 Å². The number of benzene rings is 1. The third kappa shape index (κ3) is 2.80. The summed E-state index contributed by atoms with van der Waals surface area (Å²) < 4.78 is 0. The highest BCUT2D eigenvalue weighted by atomic mass is 16.3. The molecule has 1 aromatic carbocycles. The molecule has 1 aromatic heterocycles. The van der Waals surface area contributed by atoms with E-state index in [1.807, 2.05) is 30.3 Å². The van der Waals surface area contributed by atoms with E-state index in [1.165, 1.54) is 4.90 Å². The molecule has 0 saturated heterocycles. The minimum absolute atomic E-state index is 0.0394. The Balaban J connectivity index is 2.57. The first-order valence-corrected chi connectivity index (χ1v) is 6.80. The number of pyridine rings is 1. The van der Waals surface area contributed by atoms with Crippen molar-refractivity contribution in [1.29, 1.82) is 0 Å². The molecule has 1 heterocycles. The molecule has 0 bridgehead atoms. The second kappa shape index (κ2) is 6.01. The van der Waals surface area contributed by atoms with Crippen molar-refractivity contribution < 1.29 is 9.90 Å². The van der Waals surface area contributed by atoms with Gasteiger partial charge in [0.05, 0.1) is 17.7 Å². The maximum Gasteiger partial charge on any atom is 0.254 e. The van der Waals surface area contributed by atoms with Crippen LogP contribution in [-0.2, 0) is 0 Å². The fourth-order valence-electron chi connectivity index (χ4n) is 2.13. The molecule has 106 valence electrons. The molecule has 0 spiro atoms. The number of aliphatic hydroxyl groups is 1. The van der Waals surface area contributed by atoms with Gasteiger partial charge < -0.3 is 10.0 Å². The Morgan fingerprint density at radius 1 is 1.35 bits per heavy atom. The van der Waals surface area contributed by atoms with E-state index in [0.29, 0.717) is 12.1 Å². The van der Waals surface area contributed by atoms with Crippen LogP contribution in [0.2, 0.25) is 0 Å². The van der Waals surface area contributed by atoms with E-state index < -0.39 is 0 Å². The van der Waals surface area contributed by atoms with Gasteiger partial charge in [-0.1, -0.05) is 32.0 Å². The van der Waals surface area contributed by atoms with Crippen molar-refractivity contribution >= 4 is 16.8 Å². The first-order chi connectivity index (χ1) is 9.54. The van der Waals surface area contributed by atoms with Crippen LogP contribution in [0.3, 0.4) is 0 Å². The van der Waals surface area contributed by atoms with E-state index in [1.54, 1.807) is 7.05 Å². The highest BCUT2D eigenvalue weighted by molar-refractivity contribution is 6.06. The van der Waals surface area contributed by atoms with Gasteiger partial charge in [-0.05, 0) is 18.1 Å². The Morgan fingerprint density at radius 3 is 2.70 bits per heavy atom. The monoisotopic (exact) mass is 272 g/mol. The lowest BCUT2D eigenvalue weighted by molar-refractivity contribution is 0.0768. The van der Waals surface area contributed by atoms with Gasteiger partial charge in [0, 0.05) is 24.7 Å². The van der Waals surface area contributed by atoms with Crippen molar-refractivity contribution in [3.8, 4) is 0 Å². The summed E-state index contributed by atoms with van der Waals surface area (Å²) in [4.78, 5) is 18.6. The largest absolute Gasteiger partial charge is 0.395 e. The smallest absolute Gasteiger partial charge is 0.254 e. The van der Waals surface area contributed by atoms with Crippen LogP contribution in [0.1, 0.15) is 35.8 Å². The average molecular weight is 272 g/mol. The quantitative estimate of drug-likeness (QED) is 0.930. The van der Waals surface area contributed by atoms with Crippen molar-refractivity contribution in [3.05, 3.63) is 41.6 Å². The molecule has 0 unspecified atom stereocenters. The maximum absolute atomic E-state index is 12.5. The number of amides is 1. The number of likely N-dealkylation sites (N-methyl/N-ethyl adjacent to an activating group) is 1. The summed E-state index contributed by atoms with van der Waals surface area (Å²) in [6.07, 6.45) is 0. The molecular formula is C16H20N2O2. The van der Waals surface area contributed by atoms with Gasteiger partial charge in [-0.3, -0.25) is 9.78 Å². The van der Waals surface area contributed by atoms with Crippen LogP contribution in [0.5, 0.6) is 0 Å². The molecule has 0 fully saturated rings. The zero-order valence-electron chi connectivity index (χ0n) is 12.1. The van der Waals surface area contributed by atoms with E-state index in [0.717, 1.165) is 16.6 Å². The predicted octanol–water partition coefficient (Wildman–Crippen LogP) is 2.42. The number of carbonyl (C=O) groups is 1. The van der Waals surface area contributed by atoms with E-state index >= 15 is 0 Å². The third-order valence-electron chi connectivity index (χ3n) is 3.34. The number of carbonyl (C=O) groups excluding carboxylic acids is 1. The number of nitrogens with zero attached hydrogens (tertiary/aromatic N) is 2. The number of hydrogen-bond acceptors (Lipinski definition) is 3. The Morgan fingerprint density at radius 2 is 2.05 bits per heavy atom. The number of aliphatic hydroxyl groups excluding tert-OH is 1. The van der Waals surface area contributed by atoms with Crippen LogP contribution in [0.15, 0.2) is 30.3 Å². The van der Waals surface area contributed by atoms with Gasteiger partial charge >= 0.3 is 0 Å². The summed E-state index contributed by atoms with van der Waals surface area (Å²) >= 11 is 0. The summed E-state index contributed by atoms with van der Waals surface area (Å²) in [6, 6.07) is 9.52. The minimum atomic E-state index is -0.0837. The van der Waals surface area contributed by atoms with Gasteiger partial charge in [-0.15, -0.1) is 0 Å². The zero-order chi connectivity index (χ0) is 14.7. The second-order valence-electron chi connectivity index (χ2n) is 5.22. The van der Waals surface area contributed by atoms with Crippen LogP contribution in [0.25, 0.3) is 10.9 Å². The van der Waals surface area contributed by atoms with E-state index in [4.69, 9.17) is 5.11 Å². The standard InChI is InChI=1S/C16H20N2O2/c1-11(2)15-10-13(16(20)18(3)8-9-19)12-6-4-5-7-14(12)17-15/h4-7,10-11,19H,8-9H2,1-3H3. The Hall–Kier alpha value is -1.94. The lowest BCUT2D eigenvalue weighted by Crippen LogP contribution is -2.29. The van der Waals surface area contributed by atoms with Gasteiger partial charge in [0.15, 0.2) is 0 Å². The number of fused-ring (bicyclic) bond motifs is 1. The first-order valence-electron chi connectivity index (χ1n) is 6.80. The fraction of sp³-hybridized carbons (Fsp3) is 0.375.